The van der Waals surface area contributed by atoms with Gasteiger partial charge in [0.2, 0.25) is 0 Å². The van der Waals surface area contributed by atoms with Crippen LogP contribution in [0.25, 0.3) is 0 Å². The highest BCUT2D eigenvalue weighted by Gasteiger charge is 2.36. The zero-order valence-electron chi connectivity index (χ0n) is 9.39. The number of halogens is 3. The van der Waals surface area contributed by atoms with Gasteiger partial charge in [-0.1, -0.05) is 5.92 Å². The Morgan fingerprint density at radius 3 is 2.76 bits per heavy atom. The summed E-state index contributed by atoms with van der Waals surface area (Å²) in [7, 11) is 0. The standard InChI is InChI=1S/C11H15F3N2O/c12-11(13,14)16-7-4-2-1-3-5-10(9-17)15-6-8-16/h9-10,15H,1,3,5-8H2. The van der Waals surface area contributed by atoms with Crippen molar-refractivity contribution in [2.24, 2.45) is 0 Å². The van der Waals surface area contributed by atoms with Crippen molar-refractivity contribution in [3.05, 3.63) is 0 Å². The molecule has 0 aliphatic carbocycles. The number of aldehydes is 1. The van der Waals surface area contributed by atoms with Gasteiger partial charge in [0.25, 0.3) is 0 Å². The van der Waals surface area contributed by atoms with Gasteiger partial charge in [-0.2, -0.15) is 13.2 Å². The predicted octanol–water partition coefficient (Wildman–Crippen LogP) is 1.15. The van der Waals surface area contributed by atoms with Crippen LogP contribution < -0.4 is 5.32 Å². The van der Waals surface area contributed by atoms with Crippen LogP contribution in [0.1, 0.15) is 19.3 Å². The number of carbonyl (C=O) groups is 1. The van der Waals surface area contributed by atoms with Crippen LogP contribution in [0.2, 0.25) is 0 Å². The monoisotopic (exact) mass is 248 g/mol. The highest BCUT2D eigenvalue weighted by molar-refractivity contribution is 5.57. The lowest BCUT2D eigenvalue weighted by molar-refractivity contribution is -0.240. The zero-order valence-corrected chi connectivity index (χ0v) is 9.39. The van der Waals surface area contributed by atoms with E-state index in [0.717, 1.165) is 12.7 Å². The number of carbonyl (C=O) groups excluding carboxylic acids is 1. The summed E-state index contributed by atoms with van der Waals surface area (Å²) in [6.07, 6.45) is -1.78. The maximum Gasteiger partial charge on any atom is 0.460 e. The minimum atomic E-state index is -4.37. The fraction of sp³-hybridized carbons (Fsp3) is 0.727. The van der Waals surface area contributed by atoms with Crippen LogP contribution >= 0.6 is 0 Å². The van der Waals surface area contributed by atoms with Gasteiger partial charge in [-0.3, -0.25) is 0 Å². The first-order valence-corrected chi connectivity index (χ1v) is 5.50. The van der Waals surface area contributed by atoms with Crippen molar-refractivity contribution in [2.75, 3.05) is 19.6 Å². The Labute approximate surface area is 98.3 Å². The maximum absolute atomic E-state index is 12.5. The van der Waals surface area contributed by atoms with Crippen LogP contribution in [0.15, 0.2) is 0 Å². The molecule has 0 radical (unpaired) electrons. The lowest BCUT2D eigenvalue weighted by Crippen LogP contribution is -2.44. The van der Waals surface area contributed by atoms with E-state index in [-0.39, 0.29) is 25.7 Å². The first-order valence-electron chi connectivity index (χ1n) is 5.50. The van der Waals surface area contributed by atoms with Crippen LogP contribution in [-0.2, 0) is 4.79 Å². The summed E-state index contributed by atoms with van der Waals surface area (Å²) in [5, 5.41) is 2.80. The second-order valence-electron chi connectivity index (χ2n) is 3.83. The average Bonchev–Trinajstić information content (AvgIpc) is 2.31. The van der Waals surface area contributed by atoms with E-state index in [1.54, 1.807) is 0 Å². The lowest BCUT2D eigenvalue weighted by atomic mass is 10.1. The van der Waals surface area contributed by atoms with E-state index < -0.39 is 6.30 Å². The molecule has 0 aromatic heterocycles. The van der Waals surface area contributed by atoms with E-state index >= 15 is 0 Å². The van der Waals surface area contributed by atoms with E-state index in [0.29, 0.717) is 17.7 Å². The lowest BCUT2D eigenvalue weighted by Gasteiger charge is -2.23. The van der Waals surface area contributed by atoms with Crippen molar-refractivity contribution in [2.45, 2.75) is 31.6 Å². The van der Waals surface area contributed by atoms with Crippen molar-refractivity contribution >= 4 is 6.29 Å². The Balaban J connectivity index is 2.61. The summed E-state index contributed by atoms with van der Waals surface area (Å²) in [5.74, 6) is 5.21. The van der Waals surface area contributed by atoms with Crippen molar-refractivity contribution in [1.29, 1.82) is 0 Å². The Hall–Kier alpha value is -1.06. The van der Waals surface area contributed by atoms with Crippen LogP contribution in [0.4, 0.5) is 13.2 Å². The largest absolute Gasteiger partial charge is 0.460 e. The number of nitrogens with one attached hydrogen (secondary N) is 1. The molecule has 1 rings (SSSR count). The number of hydrogen-bond donors (Lipinski definition) is 1. The summed E-state index contributed by atoms with van der Waals surface area (Å²) in [5.41, 5.74) is 0. The van der Waals surface area contributed by atoms with Gasteiger partial charge in [-0.25, -0.2) is 4.90 Å². The summed E-state index contributed by atoms with van der Waals surface area (Å²) in [4.78, 5) is 11.0. The summed E-state index contributed by atoms with van der Waals surface area (Å²) in [6.45, 7) is -0.371. The smallest absolute Gasteiger partial charge is 0.306 e. The molecule has 3 nitrogen and oxygen atoms in total. The zero-order chi connectivity index (χ0) is 12.7. The molecule has 0 amide bonds. The van der Waals surface area contributed by atoms with E-state index in [9.17, 15) is 18.0 Å². The predicted molar refractivity (Wildman–Crippen MR) is 57.1 cm³/mol. The molecule has 1 N–H and O–H groups in total. The van der Waals surface area contributed by atoms with E-state index in [1.807, 2.05) is 0 Å². The van der Waals surface area contributed by atoms with Crippen LogP contribution in [-0.4, -0.2) is 43.2 Å². The Morgan fingerprint density at radius 2 is 2.12 bits per heavy atom. The number of rotatable bonds is 1. The average molecular weight is 248 g/mol. The minimum Gasteiger partial charge on any atom is -0.306 e. The van der Waals surface area contributed by atoms with Crippen molar-refractivity contribution in [1.82, 2.24) is 10.2 Å². The highest BCUT2D eigenvalue weighted by atomic mass is 19.4. The molecule has 0 fully saturated rings. The molecule has 0 bridgehead atoms. The molecule has 0 spiro atoms. The number of nitrogens with zero attached hydrogens (tertiary/aromatic N) is 1. The fourth-order valence-corrected chi connectivity index (χ4v) is 1.55. The molecule has 17 heavy (non-hydrogen) atoms. The second kappa shape index (κ2) is 6.62. The minimum absolute atomic E-state index is 0.130. The Morgan fingerprint density at radius 1 is 1.35 bits per heavy atom. The van der Waals surface area contributed by atoms with Gasteiger partial charge in [0.05, 0.1) is 12.6 Å². The molecule has 1 unspecified atom stereocenters. The summed E-state index contributed by atoms with van der Waals surface area (Å²) >= 11 is 0. The number of hydrogen-bond acceptors (Lipinski definition) is 3. The molecular formula is C11H15F3N2O. The van der Waals surface area contributed by atoms with Crippen LogP contribution in [0, 0.1) is 11.8 Å². The quantitative estimate of drug-likeness (QED) is 0.429. The van der Waals surface area contributed by atoms with E-state index in [1.165, 1.54) is 0 Å². The third-order valence-corrected chi connectivity index (χ3v) is 2.52. The van der Waals surface area contributed by atoms with Gasteiger partial charge in [0.1, 0.15) is 6.29 Å². The number of alkyl halides is 3. The Kier molecular flexibility index (Phi) is 5.45. The maximum atomic E-state index is 12.5. The molecule has 1 aliphatic heterocycles. The third kappa shape index (κ3) is 5.20. The summed E-state index contributed by atoms with van der Waals surface area (Å²) < 4.78 is 37.6. The topological polar surface area (TPSA) is 32.3 Å². The SMILES string of the molecule is O=CC1CCCC#CCN(C(F)(F)F)CCN1. The van der Waals surface area contributed by atoms with Gasteiger partial charge in [0, 0.05) is 19.5 Å². The first kappa shape index (κ1) is 14.0. The van der Waals surface area contributed by atoms with Crippen molar-refractivity contribution < 1.29 is 18.0 Å². The summed E-state index contributed by atoms with van der Waals surface area (Å²) in [6, 6.07) is -0.370. The van der Waals surface area contributed by atoms with Crippen molar-refractivity contribution in [3.8, 4) is 11.8 Å². The molecule has 0 saturated heterocycles. The van der Waals surface area contributed by atoms with Gasteiger partial charge in [-0.15, -0.1) is 5.92 Å². The molecular weight excluding hydrogens is 233 g/mol. The van der Waals surface area contributed by atoms with Gasteiger partial charge < -0.3 is 10.1 Å². The highest BCUT2D eigenvalue weighted by Crippen LogP contribution is 2.19. The third-order valence-electron chi connectivity index (χ3n) is 2.52. The van der Waals surface area contributed by atoms with E-state index in [2.05, 4.69) is 17.2 Å². The molecule has 6 heteroatoms. The van der Waals surface area contributed by atoms with Gasteiger partial charge in [0.15, 0.2) is 0 Å². The second-order valence-corrected chi connectivity index (χ2v) is 3.83. The molecule has 0 saturated carbocycles. The molecule has 1 atom stereocenters. The Bertz CT molecular complexity index is 306. The normalized spacial score (nSPS) is 24.3. The van der Waals surface area contributed by atoms with Gasteiger partial charge in [-0.05, 0) is 12.8 Å². The first-order chi connectivity index (χ1) is 8.04. The van der Waals surface area contributed by atoms with Crippen molar-refractivity contribution in [3.63, 3.8) is 0 Å². The van der Waals surface area contributed by atoms with Crippen LogP contribution in [0.3, 0.4) is 0 Å². The molecule has 1 heterocycles. The molecule has 0 aromatic rings. The van der Waals surface area contributed by atoms with E-state index in [4.69, 9.17) is 0 Å². The molecule has 96 valence electrons. The molecule has 1 aliphatic rings. The fourth-order valence-electron chi connectivity index (χ4n) is 1.55. The van der Waals surface area contributed by atoms with Gasteiger partial charge >= 0.3 is 6.30 Å². The van der Waals surface area contributed by atoms with Crippen LogP contribution in [0.5, 0.6) is 0 Å². The molecule has 0 aromatic carbocycles.